The molecule has 2 rings (SSSR count). The van der Waals surface area contributed by atoms with Crippen LogP contribution in [0.4, 0.5) is 0 Å². The van der Waals surface area contributed by atoms with Gasteiger partial charge in [0.2, 0.25) is 5.91 Å². The topological polar surface area (TPSA) is 20.3 Å². The van der Waals surface area contributed by atoms with Gasteiger partial charge >= 0.3 is 0 Å². The summed E-state index contributed by atoms with van der Waals surface area (Å²) in [7, 11) is 0. The summed E-state index contributed by atoms with van der Waals surface area (Å²) in [4.78, 5) is 13.0. The molecule has 0 atom stereocenters. The number of carbonyl (C=O) groups is 1. The highest BCUT2D eigenvalue weighted by atomic mass is 16.2. The molecule has 1 aliphatic heterocycles. The van der Waals surface area contributed by atoms with Crippen LogP contribution in [-0.4, -0.2) is 23.9 Å². The van der Waals surface area contributed by atoms with Crippen LogP contribution in [0.3, 0.4) is 0 Å². The first-order chi connectivity index (χ1) is 5.22. The van der Waals surface area contributed by atoms with Crippen LogP contribution in [0.25, 0.3) is 0 Å². The lowest BCUT2D eigenvalue weighted by Crippen LogP contribution is -2.34. The van der Waals surface area contributed by atoms with Gasteiger partial charge in [-0.15, -0.1) is 0 Å². The molecule has 62 valence electrons. The fourth-order valence-electron chi connectivity index (χ4n) is 2.29. The van der Waals surface area contributed by atoms with E-state index in [0.717, 1.165) is 13.1 Å². The highest BCUT2D eigenvalue weighted by Gasteiger charge is 2.43. The van der Waals surface area contributed by atoms with Crippen molar-refractivity contribution in [2.75, 3.05) is 13.1 Å². The Balaban J connectivity index is 1.98. The molecule has 0 aromatic heterocycles. The van der Waals surface area contributed by atoms with E-state index in [2.05, 4.69) is 0 Å². The SMILES string of the molecule is CC(=O)N1CCC2(CCC2)C1. The molecule has 0 aromatic rings. The first-order valence-electron chi connectivity index (χ1n) is 4.47. The Morgan fingerprint density at radius 1 is 1.36 bits per heavy atom. The molecule has 1 spiro atoms. The fourth-order valence-corrected chi connectivity index (χ4v) is 2.29. The molecule has 0 aromatic carbocycles. The fraction of sp³-hybridized carbons (Fsp3) is 0.889. The molecule has 2 nitrogen and oxygen atoms in total. The smallest absolute Gasteiger partial charge is 0.219 e. The van der Waals surface area contributed by atoms with E-state index >= 15 is 0 Å². The number of hydrogen-bond acceptors (Lipinski definition) is 1. The Hall–Kier alpha value is -0.530. The number of likely N-dealkylation sites (tertiary alicyclic amines) is 1. The average molecular weight is 153 g/mol. The molecular weight excluding hydrogens is 138 g/mol. The van der Waals surface area contributed by atoms with E-state index in [4.69, 9.17) is 0 Å². The molecule has 2 heteroatoms. The third kappa shape index (κ3) is 1.05. The summed E-state index contributed by atoms with van der Waals surface area (Å²) < 4.78 is 0. The van der Waals surface area contributed by atoms with E-state index in [1.54, 1.807) is 6.92 Å². The molecule has 0 bridgehead atoms. The van der Waals surface area contributed by atoms with Crippen LogP contribution in [0, 0.1) is 5.41 Å². The summed E-state index contributed by atoms with van der Waals surface area (Å²) >= 11 is 0. The predicted molar refractivity (Wildman–Crippen MR) is 43.2 cm³/mol. The van der Waals surface area contributed by atoms with Crippen molar-refractivity contribution in [2.45, 2.75) is 32.6 Å². The van der Waals surface area contributed by atoms with Gasteiger partial charge in [0.05, 0.1) is 0 Å². The second-order valence-corrected chi connectivity index (χ2v) is 4.04. The average Bonchev–Trinajstić information content (AvgIpc) is 2.28. The van der Waals surface area contributed by atoms with Gasteiger partial charge in [-0.25, -0.2) is 0 Å². The molecule has 11 heavy (non-hydrogen) atoms. The number of hydrogen-bond donors (Lipinski definition) is 0. The standard InChI is InChI=1S/C9H15NO/c1-8(11)10-6-5-9(7-10)3-2-4-9/h2-7H2,1H3. The summed E-state index contributed by atoms with van der Waals surface area (Å²) in [5, 5.41) is 0. The van der Waals surface area contributed by atoms with Crippen LogP contribution >= 0.6 is 0 Å². The van der Waals surface area contributed by atoms with Gasteiger partial charge in [0.1, 0.15) is 0 Å². The van der Waals surface area contributed by atoms with Gasteiger partial charge in [0.15, 0.2) is 0 Å². The molecule has 1 saturated heterocycles. The predicted octanol–water partition coefficient (Wildman–Crippen LogP) is 1.41. The summed E-state index contributed by atoms with van der Waals surface area (Å²) in [5.74, 6) is 0.258. The highest BCUT2D eigenvalue weighted by Crippen LogP contribution is 2.47. The van der Waals surface area contributed by atoms with Crippen LogP contribution in [0.5, 0.6) is 0 Å². The summed E-state index contributed by atoms with van der Waals surface area (Å²) in [5.41, 5.74) is 0.575. The lowest BCUT2D eigenvalue weighted by atomic mass is 9.68. The third-order valence-electron chi connectivity index (χ3n) is 3.30. The molecule has 0 N–H and O–H groups in total. The van der Waals surface area contributed by atoms with Gasteiger partial charge in [-0.2, -0.15) is 0 Å². The molecular formula is C9H15NO. The largest absolute Gasteiger partial charge is 0.342 e. The first kappa shape index (κ1) is 7.14. The molecule has 0 unspecified atom stereocenters. The lowest BCUT2D eigenvalue weighted by molar-refractivity contribution is -0.128. The number of carbonyl (C=O) groups excluding carboxylic acids is 1. The molecule has 2 aliphatic rings. The Labute approximate surface area is 67.6 Å². The van der Waals surface area contributed by atoms with Gasteiger partial charge in [-0.05, 0) is 24.7 Å². The Bertz CT molecular complexity index is 184. The number of amides is 1. The van der Waals surface area contributed by atoms with Crippen molar-refractivity contribution in [1.82, 2.24) is 4.90 Å². The van der Waals surface area contributed by atoms with Crippen LogP contribution in [-0.2, 0) is 4.79 Å². The second-order valence-electron chi connectivity index (χ2n) is 4.04. The Morgan fingerprint density at radius 3 is 2.36 bits per heavy atom. The number of rotatable bonds is 0. The first-order valence-corrected chi connectivity index (χ1v) is 4.47. The van der Waals surface area contributed by atoms with E-state index in [9.17, 15) is 4.79 Å². The van der Waals surface area contributed by atoms with Crippen molar-refractivity contribution in [2.24, 2.45) is 5.41 Å². The summed E-state index contributed by atoms with van der Waals surface area (Å²) in [6.45, 7) is 3.73. The van der Waals surface area contributed by atoms with Crippen molar-refractivity contribution in [3.05, 3.63) is 0 Å². The minimum atomic E-state index is 0.258. The molecule has 1 heterocycles. The normalized spacial score (nSPS) is 27.2. The maximum atomic E-state index is 11.0. The minimum absolute atomic E-state index is 0.258. The van der Waals surface area contributed by atoms with Gasteiger partial charge in [-0.1, -0.05) is 6.42 Å². The second kappa shape index (κ2) is 2.23. The molecule has 0 radical (unpaired) electrons. The van der Waals surface area contributed by atoms with Gasteiger partial charge in [0, 0.05) is 20.0 Å². The van der Waals surface area contributed by atoms with Crippen molar-refractivity contribution < 1.29 is 4.79 Å². The summed E-state index contributed by atoms with van der Waals surface area (Å²) in [6, 6.07) is 0. The van der Waals surface area contributed by atoms with Crippen molar-refractivity contribution in [3.63, 3.8) is 0 Å². The molecule has 2 fully saturated rings. The minimum Gasteiger partial charge on any atom is -0.342 e. The lowest BCUT2D eigenvalue weighted by Gasteiger charge is -2.37. The van der Waals surface area contributed by atoms with Crippen molar-refractivity contribution in [3.8, 4) is 0 Å². The van der Waals surface area contributed by atoms with E-state index in [0.29, 0.717) is 5.41 Å². The van der Waals surface area contributed by atoms with E-state index in [-0.39, 0.29) is 5.91 Å². The van der Waals surface area contributed by atoms with Gasteiger partial charge in [0.25, 0.3) is 0 Å². The van der Waals surface area contributed by atoms with Crippen LogP contribution in [0.15, 0.2) is 0 Å². The summed E-state index contributed by atoms with van der Waals surface area (Å²) in [6.07, 6.45) is 5.35. The van der Waals surface area contributed by atoms with E-state index in [1.807, 2.05) is 4.90 Å². The van der Waals surface area contributed by atoms with E-state index < -0.39 is 0 Å². The number of nitrogens with zero attached hydrogens (tertiary/aromatic N) is 1. The highest BCUT2D eigenvalue weighted by molar-refractivity contribution is 5.73. The van der Waals surface area contributed by atoms with Crippen LogP contribution in [0.2, 0.25) is 0 Å². The zero-order valence-corrected chi connectivity index (χ0v) is 7.10. The van der Waals surface area contributed by atoms with Crippen LogP contribution in [0.1, 0.15) is 32.6 Å². The molecule has 1 amide bonds. The Kier molecular flexibility index (Phi) is 1.44. The van der Waals surface area contributed by atoms with E-state index in [1.165, 1.54) is 25.7 Å². The third-order valence-corrected chi connectivity index (χ3v) is 3.30. The molecule has 1 saturated carbocycles. The molecule has 1 aliphatic carbocycles. The van der Waals surface area contributed by atoms with Gasteiger partial charge in [-0.3, -0.25) is 4.79 Å². The van der Waals surface area contributed by atoms with Crippen LogP contribution < -0.4 is 0 Å². The maximum Gasteiger partial charge on any atom is 0.219 e. The van der Waals surface area contributed by atoms with Crippen molar-refractivity contribution >= 4 is 5.91 Å². The Morgan fingerprint density at radius 2 is 2.09 bits per heavy atom. The zero-order valence-electron chi connectivity index (χ0n) is 7.10. The maximum absolute atomic E-state index is 11.0. The van der Waals surface area contributed by atoms with Crippen molar-refractivity contribution in [1.29, 1.82) is 0 Å². The van der Waals surface area contributed by atoms with Gasteiger partial charge < -0.3 is 4.90 Å². The zero-order chi connectivity index (χ0) is 7.90. The quantitative estimate of drug-likeness (QED) is 0.515. The monoisotopic (exact) mass is 153 g/mol.